The van der Waals surface area contributed by atoms with Crippen molar-refractivity contribution < 1.29 is 4.79 Å². The van der Waals surface area contributed by atoms with E-state index >= 15 is 0 Å². The van der Waals surface area contributed by atoms with Gasteiger partial charge in [-0.3, -0.25) is 4.79 Å². The van der Waals surface area contributed by atoms with E-state index in [0.29, 0.717) is 19.5 Å². The second kappa shape index (κ2) is 9.67. The van der Waals surface area contributed by atoms with Crippen LogP contribution in [0.5, 0.6) is 0 Å². The van der Waals surface area contributed by atoms with Gasteiger partial charge >= 0.3 is 0 Å². The predicted molar refractivity (Wildman–Crippen MR) is 106 cm³/mol. The summed E-state index contributed by atoms with van der Waals surface area (Å²) in [5.41, 5.74) is 4.63. The standard InChI is InChI=1S/C22H26N4O/c1-2-3-4-18-5-7-19(8-6-18)13-22(27)24-14-20-9-11-21(12-10-20)15-26-17-23-16-25-26/h5-12,16-17H,2-4,13-15H2,1H3,(H,24,27). The normalized spacial score (nSPS) is 10.7. The van der Waals surface area contributed by atoms with Gasteiger partial charge in [0.15, 0.2) is 0 Å². The van der Waals surface area contributed by atoms with Crippen LogP contribution in [0.15, 0.2) is 61.2 Å². The average Bonchev–Trinajstić information content (AvgIpc) is 3.20. The van der Waals surface area contributed by atoms with Crippen LogP contribution in [0.4, 0.5) is 0 Å². The minimum atomic E-state index is 0.0444. The maximum Gasteiger partial charge on any atom is 0.224 e. The molecule has 0 bridgehead atoms. The molecule has 3 rings (SSSR count). The van der Waals surface area contributed by atoms with Gasteiger partial charge < -0.3 is 5.32 Å². The zero-order chi connectivity index (χ0) is 18.9. The molecule has 27 heavy (non-hydrogen) atoms. The highest BCUT2D eigenvalue weighted by atomic mass is 16.1. The van der Waals surface area contributed by atoms with Gasteiger partial charge in [0.1, 0.15) is 12.7 Å². The molecule has 5 heteroatoms. The van der Waals surface area contributed by atoms with Gasteiger partial charge in [-0.15, -0.1) is 0 Å². The Morgan fingerprint density at radius 3 is 2.30 bits per heavy atom. The molecular weight excluding hydrogens is 336 g/mol. The summed E-state index contributed by atoms with van der Waals surface area (Å²) in [7, 11) is 0. The van der Waals surface area contributed by atoms with Gasteiger partial charge in [-0.1, -0.05) is 61.9 Å². The summed E-state index contributed by atoms with van der Waals surface area (Å²) in [5.74, 6) is 0.0444. The summed E-state index contributed by atoms with van der Waals surface area (Å²) in [6.45, 7) is 3.43. The van der Waals surface area contributed by atoms with Crippen LogP contribution >= 0.6 is 0 Å². The fourth-order valence-electron chi connectivity index (χ4n) is 2.92. The Hall–Kier alpha value is -2.95. The van der Waals surface area contributed by atoms with Crippen LogP contribution in [0, 0.1) is 0 Å². The van der Waals surface area contributed by atoms with E-state index in [0.717, 1.165) is 23.1 Å². The number of rotatable bonds is 9. The zero-order valence-electron chi connectivity index (χ0n) is 15.8. The third-order valence-corrected chi connectivity index (χ3v) is 4.53. The molecule has 0 atom stereocenters. The van der Waals surface area contributed by atoms with Crippen molar-refractivity contribution in [3.05, 3.63) is 83.4 Å². The van der Waals surface area contributed by atoms with Crippen LogP contribution in [0.3, 0.4) is 0 Å². The lowest BCUT2D eigenvalue weighted by Crippen LogP contribution is -2.24. The molecule has 0 aliphatic carbocycles. The summed E-state index contributed by atoms with van der Waals surface area (Å²) < 4.78 is 1.78. The summed E-state index contributed by atoms with van der Waals surface area (Å²) >= 11 is 0. The predicted octanol–water partition coefficient (Wildman–Crippen LogP) is 3.53. The Bertz CT molecular complexity index is 824. The van der Waals surface area contributed by atoms with Gasteiger partial charge in [-0.25, -0.2) is 9.67 Å². The lowest BCUT2D eigenvalue weighted by atomic mass is 10.0. The van der Waals surface area contributed by atoms with Crippen molar-refractivity contribution in [2.45, 2.75) is 45.7 Å². The Labute approximate surface area is 160 Å². The lowest BCUT2D eigenvalue weighted by molar-refractivity contribution is -0.120. The molecule has 0 radical (unpaired) electrons. The fourth-order valence-corrected chi connectivity index (χ4v) is 2.92. The van der Waals surface area contributed by atoms with Gasteiger partial charge in [0.2, 0.25) is 5.91 Å². The molecule has 3 aromatic rings. The SMILES string of the molecule is CCCCc1ccc(CC(=O)NCc2ccc(Cn3cncn3)cc2)cc1. The zero-order valence-corrected chi connectivity index (χ0v) is 15.8. The van der Waals surface area contributed by atoms with E-state index in [1.165, 1.54) is 24.7 Å². The average molecular weight is 362 g/mol. The summed E-state index contributed by atoms with van der Waals surface area (Å²) in [4.78, 5) is 16.1. The van der Waals surface area contributed by atoms with E-state index in [1.54, 1.807) is 11.0 Å². The van der Waals surface area contributed by atoms with Gasteiger partial charge in [-0.2, -0.15) is 5.10 Å². The van der Waals surface area contributed by atoms with Crippen LogP contribution < -0.4 is 5.32 Å². The molecule has 0 saturated heterocycles. The molecule has 0 fully saturated rings. The number of unbranched alkanes of at least 4 members (excludes halogenated alkanes) is 1. The molecular formula is C22H26N4O. The molecule has 1 N–H and O–H groups in total. The van der Waals surface area contributed by atoms with Crippen molar-refractivity contribution in [2.75, 3.05) is 0 Å². The molecule has 0 unspecified atom stereocenters. The largest absolute Gasteiger partial charge is 0.352 e. The summed E-state index contributed by atoms with van der Waals surface area (Å²) in [5, 5.41) is 7.10. The number of nitrogens with one attached hydrogen (secondary N) is 1. The number of carbonyl (C=O) groups is 1. The first kappa shape index (κ1) is 18.8. The van der Waals surface area contributed by atoms with Crippen LogP contribution in [0.2, 0.25) is 0 Å². The molecule has 2 aromatic carbocycles. The number of carbonyl (C=O) groups excluding carboxylic acids is 1. The summed E-state index contributed by atoms with van der Waals surface area (Å²) in [6, 6.07) is 16.6. The number of aromatic nitrogens is 3. The van der Waals surface area contributed by atoms with E-state index < -0.39 is 0 Å². The van der Waals surface area contributed by atoms with Crippen molar-refractivity contribution in [2.24, 2.45) is 0 Å². The first-order chi connectivity index (χ1) is 13.2. The number of hydrogen-bond donors (Lipinski definition) is 1. The number of hydrogen-bond acceptors (Lipinski definition) is 3. The lowest BCUT2D eigenvalue weighted by Gasteiger charge is -2.08. The van der Waals surface area contributed by atoms with E-state index in [9.17, 15) is 4.79 Å². The number of amides is 1. The Balaban J connectivity index is 1.44. The van der Waals surface area contributed by atoms with E-state index in [2.05, 4.69) is 58.7 Å². The molecule has 1 amide bonds. The quantitative estimate of drug-likeness (QED) is 0.633. The molecule has 1 aromatic heterocycles. The first-order valence-electron chi connectivity index (χ1n) is 9.47. The number of nitrogens with zero attached hydrogens (tertiary/aromatic N) is 3. The maximum atomic E-state index is 12.2. The van der Waals surface area contributed by atoms with E-state index in [-0.39, 0.29) is 5.91 Å². The smallest absolute Gasteiger partial charge is 0.224 e. The van der Waals surface area contributed by atoms with E-state index in [1.807, 2.05) is 12.1 Å². The minimum absolute atomic E-state index is 0.0444. The highest BCUT2D eigenvalue weighted by molar-refractivity contribution is 5.78. The van der Waals surface area contributed by atoms with Crippen molar-refractivity contribution in [1.29, 1.82) is 0 Å². The molecule has 0 aliphatic heterocycles. The Kier molecular flexibility index (Phi) is 6.74. The molecule has 0 spiro atoms. The monoisotopic (exact) mass is 362 g/mol. The number of benzene rings is 2. The van der Waals surface area contributed by atoms with Crippen LogP contribution in [-0.2, 0) is 30.7 Å². The van der Waals surface area contributed by atoms with E-state index in [4.69, 9.17) is 0 Å². The summed E-state index contributed by atoms with van der Waals surface area (Å²) in [6.07, 6.45) is 7.16. The van der Waals surface area contributed by atoms with Gasteiger partial charge in [0.25, 0.3) is 0 Å². The van der Waals surface area contributed by atoms with Crippen LogP contribution in [0.25, 0.3) is 0 Å². The number of aryl methyl sites for hydroxylation is 1. The first-order valence-corrected chi connectivity index (χ1v) is 9.47. The third kappa shape index (κ3) is 6.06. The van der Waals surface area contributed by atoms with Crippen LogP contribution in [0.1, 0.15) is 42.0 Å². The van der Waals surface area contributed by atoms with Gasteiger partial charge in [0, 0.05) is 6.54 Å². The van der Waals surface area contributed by atoms with Crippen molar-refractivity contribution in [1.82, 2.24) is 20.1 Å². The van der Waals surface area contributed by atoms with Gasteiger partial charge in [0.05, 0.1) is 13.0 Å². The molecule has 0 aliphatic rings. The molecule has 1 heterocycles. The minimum Gasteiger partial charge on any atom is -0.352 e. The highest BCUT2D eigenvalue weighted by Crippen LogP contribution is 2.09. The molecule has 5 nitrogen and oxygen atoms in total. The second-order valence-electron chi connectivity index (χ2n) is 6.78. The fraction of sp³-hybridized carbons (Fsp3) is 0.318. The van der Waals surface area contributed by atoms with Crippen molar-refractivity contribution >= 4 is 5.91 Å². The molecule has 0 saturated carbocycles. The van der Waals surface area contributed by atoms with Crippen LogP contribution in [-0.4, -0.2) is 20.7 Å². The second-order valence-corrected chi connectivity index (χ2v) is 6.78. The van der Waals surface area contributed by atoms with Crippen molar-refractivity contribution in [3.8, 4) is 0 Å². The Morgan fingerprint density at radius 2 is 1.63 bits per heavy atom. The highest BCUT2D eigenvalue weighted by Gasteiger charge is 2.04. The van der Waals surface area contributed by atoms with Gasteiger partial charge in [-0.05, 0) is 35.1 Å². The van der Waals surface area contributed by atoms with Crippen molar-refractivity contribution in [3.63, 3.8) is 0 Å². The topological polar surface area (TPSA) is 59.8 Å². The Morgan fingerprint density at radius 1 is 0.963 bits per heavy atom. The third-order valence-electron chi connectivity index (χ3n) is 4.53. The maximum absolute atomic E-state index is 12.2. The molecule has 140 valence electrons.